The maximum atomic E-state index is 12.5. The zero-order valence-electron chi connectivity index (χ0n) is 14.2. The zero-order valence-corrected chi connectivity index (χ0v) is 16.6. The molecule has 0 saturated carbocycles. The Bertz CT molecular complexity index is 1150. The Morgan fingerprint density at radius 2 is 2.11 bits per heavy atom. The maximum absolute atomic E-state index is 12.5. The molecule has 4 aromatic rings. The number of thiazole rings is 1. The average Bonchev–Trinajstić information content (AvgIpc) is 3.26. The van der Waals surface area contributed by atoms with Gasteiger partial charge in [0.15, 0.2) is 5.13 Å². The number of carbonyl (C=O) groups is 1. The molecule has 4 rings (SSSR count). The van der Waals surface area contributed by atoms with Crippen LogP contribution in [0.1, 0.15) is 26.6 Å². The van der Waals surface area contributed by atoms with Gasteiger partial charge in [-0.1, -0.05) is 29.3 Å². The Morgan fingerprint density at radius 3 is 2.93 bits per heavy atom. The summed E-state index contributed by atoms with van der Waals surface area (Å²) in [6.07, 6.45) is 4.05. The molecular weight excluding hydrogens is 403 g/mol. The van der Waals surface area contributed by atoms with Gasteiger partial charge in [-0.2, -0.15) is 0 Å². The van der Waals surface area contributed by atoms with Gasteiger partial charge in [0.2, 0.25) is 0 Å². The van der Waals surface area contributed by atoms with Crippen molar-refractivity contribution in [3.05, 3.63) is 80.7 Å². The molecule has 136 valence electrons. The van der Waals surface area contributed by atoms with Crippen molar-refractivity contribution in [1.29, 1.82) is 0 Å². The molecule has 0 bridgehead atoms. The summed E-state index contributed by atoms with van der Waals surface area (Å²) in [5.41, 5.74) is 3.00. The molecule has 3 aromatic heterocycles. The van der Waals surface area contributed by atoms with Gasteiger partial charge in [-0.25, -0.2) is 9.97 Å². The number of rotatable bonds is 4. The number of hydrogen-bond donors (Lipinski definition) is 1. The van der Waals surface area contributed by atoms with Crippen LogP contribution in [0.15, 0.2) is 48.8 Å². The number of hydrogen-bond acceptors (Lipinski definition) is 4. The van der Waals surface area contributed by atoms with Crippen molar-refractivity contribution >= 4 is 51.2 Å². The molecule has 0 atom stereocenters. The molecule has 1 N–H and O–H groups in total. The molecule has 0 aliphatic rings. The minimum Gasteiger partial charge on any atom is -0.304 e. The van der Waals surface area contributed by atoms with Crippen LogP contribution in [0.4, 0.5) is 5.13 Å². The molecule has 8 heteroatoms. The molecule has 3 heterocycles. The lowest BCUT2D eigenvalue weighted by molar-refractivity contribution is 0.102. The summed E-state index contributed by atoms with van der Waals surface area (Å²) in [6, 6.07) is 11.1. The first kappa shape index (κ1) is 18.0. The van der Waals surface area contributed by atoms with Crippen LogP contribution in [-0.4, -0.2) is 20.3 Å². The fourth-order valence-electron chi connectivity index (χ4n) is 2.73. The number of benzene rings is 1. The van der Waals surface area contributed by atoms with E-state index in [0.29, 0.717) is 27.3 Å². The smallest absolute Gasteiger partial charge is 0.277 e. The van der Waals surface area contributed by atoms with Crippen LogP contribution in [-0.2, 0) is 6.42 Å². The molecule has 27 heavy (non-hydrogen) atoms. The second kappa shape index (κ2) is 7.31. The van der Waals surface area contributed by atoms with Gasteiger partial charge in [-0.05, 0) is 42.8 Å². The van der Waals surface area contributed by atoms with E-state index in [1.165, 1.54) is 11.3 Å². The highest BCUT2D eigenvalue weighted by molar-refractivity contribution is 7.15. The number of imidazole rings is 1. The van der Waals surface area contributed by atoms with Gasteiger partial charge in [0.25, 0.3) is 5.91 Å². The lowest BCUT2D eigenvalue weighted by Crippen LogP contribution is -2.11. The summed E-state index contributed by atoms with van der Waals surface area (Å²) < 4.78 is 1.88. The normalized spacial score (nSPS) is 11.1. The highest BCUT2D eigenvalue weighted by atomic mass is 35.5. The first-order chi connectivity index (χ1) is 13.0. The molecule has 0 aliphatic heterocycles. The van der Waals surface area contributed by atoms with E-state index in [1.807, 2.05) is 35.6 Å². The number of aryl methyl sites for hydroxylation is 1. The number of carbonyl (C=O) groups excluding carboxylic acids is 1. The van der Waals surface area contributed by atoms with Crippen LogP contribution in [0.3, 0.4) is 0 Å². The standard InChI is InChI=1S/C19H14Cl2N4OS/c1-11-3-2-4-17-23-16(10-25(11)17)18(26)24-19-22-9-14(27-19)8-12-7-13(20)5-6-15(12)21/h2-7,9-10H,8H2,1H3,(H,22,24,26). The number of halogens is 2. The predicted molar refractivity (Wildman–Crippen MR) is 109 cm³/mol. The molecule has 0 aliphatic carbocycles. The lowest BCUT2D eigenvalue weighted by atomic mass is 10.1. The van der Waals surface area contributed by atoms with Crippen LogP contribution < -0.4 is 5.32 Å². The highest BCUT2D eigenvalue weighted by Crippen LogP contribution is 2.27. The number of nitrogens with zero attached hydrogens (tertiary/aromatic N) is 3. The summed E-state index contributed by atoms with van der Waals surface area (Å²) in [6.45, 7) is 1.96. The van der Waals surface area contributed by atoms with Crippen molar-refractivity contribution in [3.8, 4) is 0 Å². The third-order valence-electron chi connectivity index (χ3n) is 4.08. The second-order valence-electron chi connectivity index (χ2n) is 6.02. The number of amides is 1. The third-order valence-corrected chi connectivity index (χ3v) is 5.59. The Labute approximate surface area is 169 Å². The van der Waals surface area contributed by atoms with E-state index in [1.54, 1.807) is 24.5 Å². The largest absolute Gasteiger partial charge is 0.304 e. The molecule has 5 nitrogen and oxygen atoms in total. The summed E-state index contributed by atoms with van der Waals surface area (Å²) in [7, 11) is 0. The van der Waals surface area contributed by atoms with Crippen LogP contribution in [0.2, 0.25) is 10.0 Å². The number of nitrogens with one attached hydrogen (secondary N) is 1. The highest BCUT2D eigenvalue weighted by Gasteiger charge is 2.14. The van der Waals surface area contributed by atoms with Crippen molar-refractivity contribution in [2.24, 2.45) is 0 Å². The first-order valence-electron chi connectivity index (χ1n) is 8.14. The molecule has 0 fully saturated rings. The minimum atomic E-state index is -0.292. The third kappa shape index (κ3) is 3.83. The van der Waals surface area contributed by atoms with Gasteiger partial charge in [0, 0.05) is 39.4 Å². The van der Waals surface area contributed by atoms with Gasteiger partial charge in [0.1, 0.15) is 11.3 Å². The Kier molecular flexibility index (Phi) is 4.86. The van der Waals surface area contributed by atoms with E-state index in [0.717, 1.165) is 21.8 Å². The SMILES string of the molecule is Cc1cccc2nc(C(=O)Nc3ncc(Cc4cc(Cl)ccc4Cl)s3)cn12. The fourth-order valence-corrected chi connectivity index (χ4v) is 3.94. The van der Waals surface area contributed by atoms with Crippen molar-refractivity contribution in [1.82, 2.24) is 14.4 Å². The van der Waals surface area contributed by atoms with Crippen molar-refractivity contribution in [3.63, 3.8) is 0 Å². The number of anilines is 1. The quantitative estimate of drug-likeness (QED) is 0.494. The Hall–Kier alpha value is -2.41. The summed E-state index contributed by atoms with van der Waals surface area (Å²) in [5.74, 6) is -0.292. The van der Waals surface area contributed by atoms with Crippen LogP contribution in [0.25, 0.3) is 5.65 Å². The zero-order chi connectivity index (χ0) is 19.0. The van der Waals surface area contributed by atoms with Crippen molar-refractivity contribution in [2.45, 2.75) is 13.3 Å². The number of pyridine rings is 1. The first-order valence-corrected chi connectivity index (χ1v) is 9.71. The second-order valence-corrected chi connectivity index (χ2v) is 7.98. The van der Waals surface area contributed by atoms with Gasteiger partial charge < -0.3 is 4.40 Å². The molecule has 0 spiro atoms. The molecule has 1 amide bonds. The summed E-state index contributed by atoms with van der Waals surface area (Å²) >= 11 is 13.6. The number of aromatic nitrogens is 3. The van der Waals surface area contributed by atoms with Crippen molar-refractivity contribution < 1.29 is 4.79 Å². The average molecular weight is 417 g/mol. The summed E-state index contributed by atoms with van der Waals surface area (Å²) in [5, 5.41) is 4.61. The summed E-state index contributed by atoms with van der Waals surface area (Å²) in [4.78, 5) is 22.1. The predicted octanol–water partition coefficient (Wildman–Crippen LogP) is 5.25. The Balaban J connectivity index is 1.50. The van der Waals surface area contributed by atoms with Gasteiger partial charge in [-0.15, -0.1) is 11.3 Å². The maximum Gasteiger partial charge on any atom is 0.277 e. The fraction of sp³-hybridized carbons (Fsp3) is 0.105. The molecular formula is C19H14Cl2N4OS. The van der Waals surface area contributed by atoms with Gasteiger partial charge in [0.05, 0.1) is 0 Å². The van der Waals surface area contributed by atoms with Crippen LogP contribution in [0, 0.1) is 6.92 Å². The monoisotopic (exact) mass is 416 g/mol. The molecule has 1 aromatic carbocycles. The van der Waals surface area contributed by atoms with E-state index in [9.17, 15) is 4.79 Å². The van der Waals surface area contributed by atoms with Crippen LogP contribution in [0.5, 0.6) is 0 Å². The van der Waals surface area contributed by atoms with Gasteiger partial charge >= 0.3 is 0 Å². The van der Waals surface area contributed by atoms with E-state index in [-0.39, 0.29) is 5.91 Å². The number of fused-ring (bicyclic) bond motifs is 1. The van der Waals surface area contributed by atoms with E-state index in [2.05, 4.69) is 15.3 Å². The minimum absolute atomic E-state index is 0.292. The van der Waals surface area contributed by atoms with E-state index >= 15 is 0 Å². The topological polar surface area (TPSA) is 59.3 Å². The lowest BCUT2D eigenvalue weighted by Gasteiger charge is -2.02. The van der Waals surface area contributed by atoms with Crippen LogP contribution >= 0.6 is 34.5 Å². The van der Waals surface area contributed by atoms with Gasteiger partial charge in [-0.3, -0.25) is 10.1 Å². The molecule has 0 unspecified atom stereocenters. The Morgan fingerprint density at radius 1 is 1.26 bits per heavy atom. The van der Waals surface area contributed by atoms with E-state index < -0.39 is 0 Å². The van der Waals surface area contributed by atoms with Crippen molar-refractivity contribution in [2.75, 3.05) is 5.32 Å². The molecule has 0 saturated heterocycles. The molecule has 0 radical (unpaired) electrons. The van der Waals surface area contributed by atoms with E-state index in [4.69, 9.17) is 23.2 Å².